The van der Waals surface area contributed by atoms with Crippen LogP contribution in [0.2, 0.25) is 0 Å². The monoisotopic (exact) mass is 301 g/mol. The summed E-state index contributed by atoms with van der Waals surface area (Å²) in [7, 11) is 2.99. The highest BCUT2D eigenvalue weighted by Gasteiger charge is 2.09. The van der Waals surface area contributed by atoms with Crippen LogP contribution in [-0.4, -0.2) is 39.1 Å². The third-order valence-corrected chi connectivity index (χ3v) is 3.75. The van der Waals surface area contributed by atoms with Gasteiger partial charge in [-0.15, -0.1) is 11.8 Å². The first kappa shape index (κ1) is 16.9. The van der Waals surface area contributed by atoms with Crippen LogP contribution >= 0.6 is 11.8 Å². The van der Waals surface area contributed by atoms with E-state index in [1.165, 1.54) is 24.9 Å². The molecule has 4 nitrogen and oxygen atoms in total. The number of carbonyl (C=O) groups is 1. The fourth-order valence-electron chi connectivity index (χ4n) is 1.58. The molecule has 0 aliphatic carbocycles. The van der Waals surface area contributed by atoms with E-state index in [1.807, 2.05) is 6.07 Å². The van der Waals surface area contributed by atoms with E-state index in [0.717, 1.165) is 4.90 Å². The molecule has 112 valence electrons. The summed E-state index contributed by atoms with van der Waals surface area (Å²) >= 11 is 1.46. The summed E-state index contributed by atoms with van der Waals surface area (Å²) in [5.41, 5.74) is 0.624. The molecule has 0 aliphatic rings. The van der Waals surface area contributed by atoms with Crippen LogP contribution in [0.15, 0.2) is 23.1 Å². The lowest BCUT2D eigenvalue weighted by molar-refractivity contribution is -0.140. The maximum Gasteiger partial charge on any atom is 0.306 e. The third-order valence-electron chi connectivity index (χ3n) is 2.65. The van der Waals surface area contributed by atoms with Gasteiger partial charge in [-0.2, -0.15) is 0 Å². The van der Waals surface area contributed by atoms with E-state index in [0.29, 0.717) is 37.4 Å². The lowest BCUT2D eigenvalue weighted by Crippen LogP contribution is -2.19. The van der Waals surface area contributed by atoms with Crippen molar-refractivity contribution in [2.24, 2.45) is 0 Å². The number of hydrogen-bond acceptors (Lipinski definition) is 5. The standard InChI is InChI=1S/C14H20FNO3S/c1-18-8-7-16-10-11-12(15)4-3-5-13(11)20-9-6-14(17)19-2/h3-5,16H,6-10H2,1-2H3. The van der Waals surface area contributed by atoms with Crippen LogP contribution in [-0.2, 0) is 20.8 Å². The summed E-state index contributed by atoms with van der Waals surface area (Å²) in [6, 6.07) is 4.98. The van der Waals surface area contributed by atoms with Gasteiger partial charge < -0.3 is 14.8 Å². The number of thioether (sulfide) groups is 1. The molecule has 0 radical (unpaired) electrons. The number of esters is 1. The van der Waals surface area contributed by atoms with Gasteiger partial charge in [0.1, 0.15) is 5.82 Å². The number of hydrogen-bond donors (Lipinski definition) is 1. The molecule has 0 atom stereocenters. The van der Waals surface area contributed by atoms with Gasteiger partial charge in [0.2, 0.25) is 0 Å². The topological polar surface area (TPSA) is 47.6 Å². The molecule has 20 heavy (non-hydrogen) atoms. The third kappa shape index (κ3) is 5.90. The molecular formula is C14H20FNO3S. The Morgan fingerprint density at radius 1 is 1.40 bits per heavy atom. The molecule has 0 heterocycles. The van der Waals surface area contributed by atoms with E-state index >= 15 is 0 Å². The van der Waals surface area contributed by atoms with Crippen molar-refractivity contribution in [1.82, 2.24) is 5.32 Å². The second-order valence-electron chi connectivity index (χ2n) is 4.06. The van der Waals surface area contributed by atoms with Crippen LogP contribution in [0.3, 0.4) is 0 Å². The van der Waals surface area contributed by atoms with Gasteiger partial charge in [0.05, 0.1) is 20.1 Å². The molecule has 0 aliphatic heterocycles. The number of halogens is 1. The van der Waals surface area contributed by atoms with Gasteiger partial charge in [0.15, 0.2) is 0 Å². The maximum atomic E-state index is 13.8. The van der Waals surface area contributed by atoms with E-state index in [1.54, 1.807) is 13.2 Å². The highest BCUT2D eigenvalue weighted by molar-refractivity contribution is 7.99. The molecule has 0 fully saturated rings. The quantitative estimate of drug-likeness (QED) is 0.430. The Morgan fingerprint density at radius 3 is 2.90 bits per heavy atom. The van der Waals surface area contributed by atoms with E-state index < -0.39 is 0 Å². The molecule has 1 aromatic carbocycles. The maximum absolute atomic E-state index is 13.8. The Balaban J connectivity index is 2.55. The number of carbonyl (C=O) groups excluding carboxylic acids is 1. The molecule has 0 aromatic heterocycles. The Kier molecular flexibility index (Phi) is 8.25. The van der Waals surface area contributed by atoms with Gasteiger partial charge in [-0.25, -0.2) is 4.39 Å². The minimum atomic E-state index is -0.256. The summed E-state index contributed by atoms with van der Waals surface area (Å²) in [4.78, 5) is 11.9. The Morgan fingerprint density at radius 2 is 2.20 bits per heavy atom. The number of benzene rings is 1. The number of ether oxygens (including phenoxy) is 2. The Bertz CT molecular complexity index is 429. The minimum Gasteiger partial charge on any atom is -0.469 e. The predicted octanol–water partition coefficient (Wildman–Crippen LogP) is 2.22. The first-order valence-electron chi connectivity index (χ1n) is 6.35. The summed E-state index contributed by atoms with van der Waals surface area (Å²) < 4.78 is 23.3. The average Bonchev–Trinajstić information content (AvgIpc) is 2.45. The number of rotatable bonds is 9. The van der Waals surface area contributed by atoms with E-state index in [2.05, 4.69) is 10.1 Å². The normalized spacial score (nSPS) is 10.6. The second-order valence-corrected chi connectivity index (χ2v) is 5.20. The largest absolute Gasteiger partial charge is 0.469 e. The SMILES string of the molecule is COCCNCc1c(F)cccc1SCCC(=O)OC. The van der Waals surface area contributed by atoms with Gasteiger partial charge in [-0.1, -0.05) is 6.07 Å². The Hall–Kier alpha value is -1.11. The van der Waals surface area contributed by atoms with E-state index in [4.69, 9.17) is 4.74 Å². The van der Waals surface area contributed by atoms with Gasteiger partial charge in [0, 0.05) is 36.4 Å². The molecule has 0 amide bonds. The smallest absolute Gasteiger partial charge is 0.306 e. The van der Waals surface area contributed by atoms with Gasteiger partial charge in [-0.3, -0.25) is 4.79 Å². The fourth-order valence-corrected chi connectivity index (χ4v) is 2.59. The highest BCUT2D eigenvalue weighted by Crippen LogP contribution is 2.25. The zero-order chi connectivity index (χ0) is 14.8. The molecule has 0 unspecified atom stereocenters. The summed E-state index contributed by atoms with van der Waals surface area (Å²) in [5.74, 6) is 0.0768. The van der Waals surface area contributed by atoms with Gasteiger partial charge in [-0.05, 0) is 12.1 Å². The number of nitrogens with one attached hydrogen (secondary N) is 1. The van der Waals surface area contributed by atoms with Crippen molar-refractivity contribution in [3.63, 3.8) is 0 Å². The zero-order valence-corrected chi connectivity index (χ0v) is 12.6. The van der Waals surface area contributed by atoms with Crippen molar-refractivity contribution < 1.29 is 18.7 Å². The predicted molar refractivity (Wildman–Crippen MR) is 77.3 cm³/mol. The molecule has 0 saturated carbocycles. The molecule has 6 heteroatoms. The molecule has 1 N–H and O–H groups in total. The molecule has 0 spiro atoms. The van der Waals surface area contributed by atoms with Crippen LogP contribution in [0.25, 0.3) is 0 Å². The highest BCUT2D eigenvalue weighted by atomic mass is 32.2. The van der Waals surface area contributed by atoms with Crippen molar-refractivity contribution in [2.45, 2.75) is 17.9 Å². The molecule has 1 aromatic rings. The van der Waals surface area contributed by atoms with Crippen molar-refractivity contribution >= 4 is 17.7 Å². The van der Waals surface area contributed by atoms with Crippen LogP contribution in [0, 0.1) is 5.82 Å². The minimum absolute atomic E-state index is 0.238. The molecule has 0 bridgehead atoms. The van der Waals surface area contributed by atoms with E-state index in [9.17, 15) is 9.18 Å². The van der Waals surface area contributed by atoms with Crippen LogP contribution in [0.5, 0.6) is 0 Å². The van der Waals surface area contributed by atoms with E-state index in [-0.39, 0.29) is 11.8 Å². The Labute approximate surface area is 123 Å². The van der Waals surface area contributed by atoms with Gasteiger partial charge >= 0.3 is 5.97 Å². The van der Waals surface area contributed by atoms with Crippen LogP contribution in [0.4, 0.5) is 4.39 Å². The van der Waals surface area contributed by atoms with Crippen LogP contribution in [0.1, 0.15) is 12.0 Å². The first-order valence-corrected chi connectivity index (χ1v) is 7.34. The molecule has 1 rings (SSSR count). The molecular weight excluding hydrogens is 281 g/mol. The van der Waals surface area contributed by atoms with Gasteiger partial charge in [0.25, 0.3) is 0 Å². The van der Waals surface area contributed by atoms with Crippen molar-refractivity contribution in [3.8, 4) is 0 Å². The average molecular weight is 301 g/mol. The first-order chi connectivity index (χ1) is 9.69. The summed E-state index contributed by atoms with van der Waals surface area (Å²) in [6.07, 6.45) is 0.314. The number of methoxy groups -OCH3 is 2. The zero-order valence-electron chi connectivity index (χ0n) is 11.8. The van der Waals surface area contributed by atoms with Crippen molar-refractivity contribution in [3.05, 3.63) is 29.6 Å². The molecule has 0 saturated heterocycles. The lowest BCUT2D eigenvalue weighted by Gasteiger charge is -2.11. The lowest BCUT2D eigenvalue weighted by atomic mass is 10.2. The van der Waals surface area contributed by atoms with Crippen LogP contribution < -0.4 is 5.32 Å². The van der Waals surface area contributed by atoms with Crippen molar-refractivity contribution in [2.75, 3.05) is 33.1 Å². The summed E-state index contributed by atoms with van der Waals surface area (Å²) in [6.45, 7) is 1.69. The fraction of sp³-hybridized carbons (Fsp3) is 0.500. The second kappa shape index (κ2) is 9.74. The van der Waals surface area contributed by atoms with Crippen molar-refractivity contribution in [1.29, 1.82) is 0 Å². The summed E-state index contributed by atoms with van der Waals surface area (Å²) in [5, 5.41) is 3.12.